The number of anilines is 1. The number of nitrogens with zero attached hydrogens (tertiary/aromatic N) is 4. The molecule has 0 atom stereocenters. The monoisotopic (exact) mass is 288 g/mol. The zero-order valence-corrected chi connectivity index (χ0v) is 13.7. The lowest BCUT2D eigenvalue weighted by Gasteiger charge is -2.42. The highest BCUT2D eigenvalue weighted by Gasteiger charge is 2.27. The first-order chi connectivity index (χ1) is 10.1. The third-order valence-corrected chi connectivity index (χ3v) is 5.09. The summed E-state index contributed by atoms with van der Waals surface area (Å²) in [4.78, 5) is 14.1. The molecule has 116 valence electrons. The van der Waals surface area contributed by atoms with Gasteiger partial charge in [-0.05, 0) is 45.4 Å². The third-order valence-electron chi connectivity index (χ3n) is 5.09. The standard InChI is InChI=1S/C17H28N4/c1-13-4-6-16(7-5-13)20-8-10-21(11-9-20)17-12-14(2)18-15(3)19-17/h12-13,16H,4-11H2,1-3H3. The van der Waals surface area contributed by atoms with Crippen molar-refractivity contribution in [1.82, 2.24) is 14.9 Å². The van der Waals surface area contributed by atoms with Crippen molar-refractivity contribution in [3.8, 4) is 0 Å². The Morgan fingerprint density at radius 2 is 1.62 bits per heavy atom. The summed E-state index contributed by atoms with van der Waals surface area (Å²) in [5, 5.41) is 0. The Morgan fingerprint density at radius 3 is 2.24 bits per heavy atom. The Labute approximate surface area is 128 Å². The second-order valence-corrected chi connectivity index (χ2v) is 6.85. The topological polar surface area (TPSA) is 32.3 Å². The van der Waals surface area contributed by atoms with E-state index >= 15 is 0 Å². The van der Waals surface area contributed by atoms with Crippen molar-refractivity contribution in [3.63, 3.8) is 0 Å². The number of hydrogen-bond acceptors (Lipinski definition) is 4. The molecule has 3 rings (SSSR count). The van der Waals surface area contributed by atoms with Crippen molar-refractivity contribution in [2.45, 2.75) is 52.5 Å². The Hall–Kier alpha value is -1.16. The number of aromatic nitrogens is 2. The van der Waals surface area contributed by atoms with E-state index < -0.39 is 0 Å². The van der Waals surface area contributed by atoms with E-state index in [0.717, 1.165) is 42.4 Å². The van der Waals surface area contributed by atoms with E-state index in [-0.39, 0.29) is 0 Å². The van der Waals surface area contributed by atoms with Crippen LogP contribution in [0, 0.1) is 19.8 Å². The van der Waals surface area contributed by atoms with Gasteiger partial charge in [-0.25, -0.2) is 9.97 Å². The fraction of sp³-hybridized carbons (Fsp3) is 0.765. The van der Waals surface area contributed by atoms with Gasteiger partial charge in [0.15, 0.2) is 0 Å². The van der Waals surface area contributed by atoms with Crippen LogP contribution in [0.25, 0.3) is 0 Å². The number of hydrogen-bond donors (Lipinski definition) is 0. The van der Waals surface area contributed by atoms with Crippen molar-refractivity contribution in [3.05, 3.63) is 17.6 Å². The summed E-state index contributed by atoms with van der Waals surface area (Å²) in [6.45, 7) is 11.0. The molecule has 0 bridgehead atoms. The van der Waals surface area contributed by atoms with Crippen LogP contribution in [0.1, 0.15) is 44.1 Å². The minimum atomic E-state index is 0.831. The molecular formula is C17H28N4. The summed E-state index contributed by atoms with van der Waals surface area (Å²) >= 11 is 0. The molecule has 0 spiro atoms. The van der Waals surface area contributed by atoms with Gasteiger partial charge in [0.2, 0.25) is 0 Å². The van der Waals surface area contributed by atoms with Gasteiger partial charge < -0.3 is 4.90 Å². The van der Waals surface area contributed by atoms with Crippen LogP contribution in [0.2, 0.25) is 0 Å². The molecule has 1 aromatic rings. The molecule has 0 unspecified atom stereocenters. The summed E-state index contributed by atoms with van der Waals surface area (Å²) in [6.07, 6.45) is 5.62. The van der Waals surface area contributed by atoms with E-state index in [1.807, 2.05) is 6.92 Å². The Morgan fingerprint density at radius 1 is 0.952 bits per heavy atom. The van der Waals surface area contributed by atoms with Gasteiger partial charge in [-0.15, -0.1) is 0 Å². The van der Waals surface area contributed by atoms with Crippen molar-refractivity contribution in [2.75, 3.05) is 31.1 Å². The Bertz CT molecular complexity index is 451. The van der Waals surface area contributed by atoms with Gasteiger partial charge in [-0.1, -0.05) is 6.92 Å². The lowest BCUT2D eigenvalue weighted by atomic mass is 9.86. The largest absolute Gasteiger partial charge is 0.354 e. The predicted octanol–water partition coefficient (Wildman–Crippen LogP) is 2.79. The molecule has 0 radical (unpaired) electrons. The van der Waals surface area contributed by atoms with E-state index in [0.29, 0.717) is 0 Å². The van der Waals surface area contributed by atoms with Crippen molar-refractivity contribution >= 4 is 5.82 Å². The van der Waals surface area contributed by atoms with Gasteiger partial charge >= 0.3 is 0 Å². The van der Waals surface area contributed by atoms with Crippen molar-refractivity contribution in [1.29, 1.82) is 0 Å². The minimum Gasteiger partial charge on any atom is -0.354 e. The molecule has 1 aromatic heterocycles. The summed E-state index contributed by atoms with van der Waals surface area (Å²) < 4.78 is 0. The first-order valence-corrected chi connectivity index (χ1v) is 8.43. The van der Waals surface area contributed by atoms with Crippen LogP contribution in [0.15, 0.2) is 6.07 Å². The average molecular weight is 288 g/mol. The first-order valence-electron chi connectivity index (χ1n) is 8.43. The van der Waals surface area contributed by atoms with Gasteiger partial charge in [0.25, 0.3) is 0 Å². The second kappa shape index (κ2) is 6.30. The molecule has 2 heterocycles. The van der Waals surface area contributed by atoms with E-state index in [9.17, 15) is 0 Å². The molecule has 1 aliphatic heterocycles. The molecule has 4 heteroatoms. The SMILES string of the molecule is Cc1cc(N2CCN(C3CCC(C)CC3)CC2)nc(C)n1. The molecule has 21 heavy (non-hydrogen) atoms. The maximum Gasteiger partial charge on any atom is 0.132 e. The van der Waals surface area contributed by atoms with E-state index in [4.69, 9.17) is 0 Å². The maximum atomic E-state index is 4.60. The highest BCUT2D eigenvalue weighted by molar-refractivity contribution is 5.40. The van der Waals surface area contributed by atoms with E-state index in [2.05, 4.69) is 39.7 Å². The van der Waals surface area contributed by atoms with Crippen LogP contribution in [-0.2, 0) is 0 Å². The molecule has 2 fully saturated rings. The van der Waals surface area contributed by atoms with Gasteiger partial charge in [0.1, 0.15) is 11.6 Å². The quantitative estimate of drug-likeness (QED) is 0.837. The fourth-order valence-corrected chi connectivity index (χ4v) is 3.78. The number of rotatable bonds is 2. The average Bonchev–Trinajstić information content (AvgIpc) is 2.47. The molecule has 4 nitrogen and oxygen atoms in total. The highest BCUT2D eigenvalue weighted by atomic mass is 15.3. The first kappa shape index (κ1) is 14.8. The predicted molar refractivity (Wildman–Crippen MR) is 86.7 cm³/mol. The van der Waals surface area contributed by atoms with E-state index in [1.165, 1.54) is 38.8 Å². The lowest BCUT2D eigenvalue weighted by Crippen LogP contribution is -2.51. The maximum absolute atomic E-state index is 4.60. The summed E-state index contributed by atoms with van der Waals surface area (Å²) in [5.41, 5.74) is 1.07. The zero-order chi connectivity index (χ0) is 14.8. The smallest absolute Gasteiger partial charge is 0.132 e. The molecular weight excluding hydrogens is 260 g/mol. The normalized spacial score (nSPS) is 27.9. The van der Waals surface area contributed by atoms with Crippen LogP contribution in [0.3, 0.4) is 0 Å². The van der Waals surface area contributed by atoms with E-state index in [1.54, 1.807) is 0 Å². The molecule has 2 aliphatic rings. The van der Waals surface area contributed by atoms with Crippen molar-refractivity contribution < 1.29 is 0 Å². The highest BCUT2D eigenvalue weighted by Crippen LogP contribution is 2.28. The summed E-state index contributed by atoms with van der Waals surface area (Å²) in [6, 6.07) is 2.95. The second-order valence-electron chi connectivity index (χ2n) is 6.85. The van der Waals surface area contributed by atoms with Crippen LogP contribution < -0.4 is 4.90 Å². The van der Waals surface area contributed by atoms with Gasteiger partial charge in [-0.3, -0.25) is 4.90 Å². The van der Waals surface area contributed by atoms with Gasteiger partial charge in [-0.2, -0.15) is 0 Å². The third kappa shape index (κ3) is 3.54. The number of piperazine rings is 1. The lowest BCUT2D eigenvalue weighted by molar-refractivity contribution is 0.132. The zero-order valence-electron chi connectivity index (χ0n) is 13.7. The van der Waals surface area contributed by atoms with Crippen molar-refractivity contribution in [2.24, 2.45) is 5.92 Å². The van der Waals surface area contributed by atoms with Crippen LogP contribution >= 0.6 is 0 Å². The molecule has 1 aliphatic carbocycles. The molecule has 1 saturated carbocycles. The van der Waals surface area contributed by atoms with Gasteiger partial charge in [0, 0.05) is 44.0 Å². The van der Waals surface area contributed by atoms with Crippen LogP contribution in [0.4, 0.5) is 5.82 Å². The summed E-state index contributed by atoms with van der Waals surface area (Å²) in [7, 11) is 0. The molecule has 0 amide bonds. The molecule has 0 N–H and O–H groups in total. The molecule has 1 saturated heterocycles. The minimum absolute atomic E-state index is 0.831. The van der Waals surface area contributed by atoms with Gasteiger partial charge in [0.05, 0.1) is 0 Å². The molecule has 0 aromatic carbocycles. The number of aryl methyl sites for hydroxylation is 2. The summed E-state index contributed by atoms with van der Waals surface area (Å²) in [5.74, 6) is 2.93. The Kier molecular flexibility index (Phi) is 4.43. The van der Waals surface area contributed by atoms with Crippen LogP contribution in [0.5, 0.6) is 0 Å². The van der Waals surface area contributed by atoms with Crippen LogP contribution in [-0.4, -0.2) is 47.1 Å². The fourth-order valence-electron chi connectivity index (χ4n) is 3.78. The Balaban J connectivity index is 1.57.